The Hall–Kier alpha value is -2.15. The number of amides is 1. The Kier molecular flexibility index (Phi) is 4.89. The van der Waals surface area contributed by atoms with Crippen molar-refractivity contribution in [3.63, 3.8) is 0 Å². The van der Waals surface area contributed by atoms with Crippen LogP contribution in [0.3, 0.4) is 0 Å². The Balaban J connectivity index is 2.67. The zero-order valence-electron chi connectivity index (χ0n) is 14.1. The minimum Gasteiger partial charge on any atom is -0.492 e. The highest BCUT2D eigenvalue weighted by atomic mass is 16.6. The van der Waals surface area contributed by atoms with E-state index in [0.717, 1.165) is 24.3 Å². The second-order valence-corrected chi connectivity index (χ2v) is 6.49. The Morgan fingerprint density at radius 2 is 1.91 bits per heavy atom. The molecule has 4 N–H and O–H groups in total. The van der Waals surface area contributed by atoms with Crippen LogP contribution in [0.2, 0.25) is 0 Å². The van der Waals surface area contributed by atoms with E-state index in [1.54, 1.807) is 6.07 Å². The maximum atomic E-state index is 11.2. The van der Waals surface area contributed by atoms with Gasteiger partial charge in [0.1, 0.15) is 0 Å². The van der Waals surface area contributed by atoms with Crippen LogP contribution in [-0.4, -0.2) is 39.5 Å². The van der Waals surface area contributed by atoms with E-state index in [9.17, 15) is 4.79 Å². The monoisotopic (exact) mass is 323 g/mol. The van der Waals surface area contributed by atoms with Crippen molar-refractivity contribution in [3.8, 4) is 11.5 Å². The average molecular weight is 323 g/mol. The van der Waals surface area contributed by atoms with E-state index in [0.29, 0.717) is 24.7 Å². The van der Waals surface area contributed by atoms with Crippen molar-refractivity contribution in [1.29, 1.82) is 0 Å². The van der Waals surface area contributed by atoms with E-state index in [-0.39, 0.29) is 11.2 Å². The minimum atomic E-state index is -0.901. The standard InChI is InChI=1S/C16H25N3O4/c1-16(2,3)12-13(19-5-7-22-8-6-19)10(17)9-11(14(12)21-4)23-15(18)20/h9H,5-8,17H2,1-4H3,(H2,18,20). The Morgan fingerprint density at radius 1 is 1.30 bits per heavy atom. The van der Waals surface area contributed by atoms with Gasteiger partial charge in [-0.25, -0.2) is 4.79 Å². The van der Waals surface area contributed by atoms with Gasteiger partial charge in [-0.1, -0.05) is 20.8 Å². The van der Waals surface area contributed by atoms with Crippen LogP contribution < -0.4 is 25.8 Å². The third-order valence-corrected chi connectivity index (χ3v) is 3.74. The van der Waals surface area contributed by atoms with Crippen molar-refractivity contribution in [2.24, 2.45) is 5.73 Å². The predicted octanol–water partition coefficient (Wildman–Crippen LogP) is 1.87. The molecule has 7 nitrogen and oxygen atoms in total. The number of anilines is 2. The minimum absolute atomic E-state index is 0.236. The van der Waals surface area contributed by atoms with Crippen molar-refractivity contribution in [3.05, 3.63) is 11.6 Å². The molecule has 1 fully saturated rings. The Labute approximate surface area is 136 Å². The maximum absolute atomic E-state index is 11.2. The largest absolute Gasteiger partial charge is 0.492 e. The molecule has 0 aliphatic carbocycles. The van der Waals surface area contributed by atoms with Crippen LogP contribution in [0.15, 0.2) is 6.07 Å². The molecule has 0 unspecified atom stereocenters. The molecule has 1 aliphatic heterocycles. The van der Waals surface area contributed by atoms with Gasteiger partial charge in [-0.05, 0) is 5.41 Å². The molecule has 1 amide bonds. The van der Waals surface area contributed by atoms with Gasteiger partial charge < -0.3 is 30.6 Å². The van der Waals surface area contributed by atoms with Crippen LogP contribution in [0.5, 0.6) is 11.5 Å². The molecule has 1 heterocycles. The number of nitrogens with zero attached hydrogens (tertiary/aromatic N) is 1. The molecule has 0 bridgehead atoms. The lowest BCUT2D eigenvalue weighted by atomic mass is 9.83. The van der Waals surface area contributed by atoms with Crippen LogP contribution in [-0.2, 0) is 10.2 Å². The van der Waals surface area contributed by atoms with E-state index < -0.39 is 6.09 Å². The van der Waals surface area contributed by atoms with Crippen molar-refractivity contribution in [1.82, 2.24) is 0 Å². The lowest BCUT2D eigenvalue weighted by Crippen LogP contribution is -2.38. The highest BCUT2D eigenvalue weighted by Crippen LogP contribution is 2.48. The molecule has 0 atom stereocenters. The quantitative estimate of drug-likeness (QED) is 0.824. The van der Waals surface area contributed by atoms with Crippen molar-refractivity contribution in [2.75, 3.05) is 44.0 Å². The summed E-state index contributed by atoms with van der Waals surface area (Å²) >= 11 is 0. The highest BCUT2D eigenvalue weighted by molar-refractivity contribution is 5.81. The topological polar surface area (TPSA) is 100 Å². The van der Waals surface area contributed by atoms with Gasteiger partial charge >= 0.3 is 6.09 Å². The van der Waals surface area contributed by atoms with Gasteiger partial charge in [0.25, 0.3) is 0 Å². The number of carbonyl (C=O) groups excluding carboxylic acids is 1. The van der Waals surface area contributed by atoms with Crippen molar-refractivity contribution >= 4 is 17.5 Å². The first-order valence-corrected chi connectivity index (χ1v) is 7.56. The van der Waals surface area contributed by atoms with Gasteiger partial charge in [0.2, 0.25) is 0 Å². The molecule has 1 aromatic carbocycles. The van der Waals surface area contributed by atoms with Gasteiger partial charge in [0.15, 0.2) is 11.5 Å². The molecule has 7 heteroatoms. The number of primary amides is 1. The van der Waals surface area contributed by atoms with E-state index >= 15 is 0 Å². The average Bonchev–Trinajstić information content (AvgIpc) is 2.46. The second kappa shape index (κ2) is 6.54. The molecule has 128 valence electrons. The van der Waals surface area contributed by atoms with Crippen LogP contribution in [0.1, 0.15) is 26.3 Å². The van der Waals surface area contributed by atoms with Crippen LogP contribution in [0, 0.1) is 0 Å². The van der Waals surface area contributed by atoms with Crippen LogP contribution in [0.4, 0.5) is 16.2 Å². The number of nitrogen functional groups attached to an aromatic ring is 1. The second-order valence-electron chi connectivity index (χ2n) is 6.49. The fourth-order valence-electron chi connectivity index (χ4n) is 2.86. The molecule has 0 aromatic heterocycles. The van der Waals surface area contributed by atoms with E-state index in [4.69, 9.17) is 25.7 Å². The molecule has 1 aromatic rings. The summed E-state index contributed by atoms with van der Waals surface area (Å²) in [4.78, 5) is 13.3. The third-order valence-electron chi connectivity index (χ3n) is 3.74. The number of carbonyl (C=O) groups is 1. The fraction of sp³-hybridized carbons (Fsp3) is 0.562. The molecule has 0 saturated carbocycles. The number of rotatable bonds is 3. The van der Waals surface area contributed by atoms with Gasteiger partial charge in [-0.3, -0.25) is 0 Å². The summed E-state index contributed by atoms with van der Waals surface area (Å²) in [5.74, 6) is 0.714. The number of methoxy groups -OCH3 is 1. The van der Waals surface area contributed by atoms with Crippen LogP contribution >= 0.6 is 0 Å². The van der Waals surface area contributed by atoms with Gasteiger partial charge in [-0.2, -0.15) is 0 Å². The summed E-state index contributed by atoms with van der Waals surface area (Å²) in [6.07, 6.45) is -0.901. The number of hydrogen-bond acceptors (Lipinski definition) is 6. The number of benzene rings is 1. The SMILES string of the molecule is COc1c(OC(N)=O)cc(N)c(N2CCOCC2)c1C(C)(C)C. The molecule has 0 spiro atoms. The number of nitrogens with two attached hydrogens (primary N) is 2. The molecule has 1 aliphatic rings. The van der Waals surface area contributed by atoms with E-state index in [2.05, 4.69) is 25.7 Å². The maximum Gasteiger partial charge on any atom is 0.410 e. The Morgan fingerprint density at radius 3 is 2.39 bits per heavy atom. The first-order valence-electron chi connectivity index (χ1n) is 7.56. The first-order chi connectivity index (χ1) is 10.8. The summed E-state index contributed by atoms with van der Waals surface area (Å²) in [7, 11) is 1.54. The number of ether oxygens (including phenoxy) is 3. The highest BCUT2D eigenvalue weighted by Gasteiger charge is 2.31. The van der Waals surface area contributed by atoms with Crippen molar-refractivity contribution in [2.45, 2.75) is 26.2 Å². The molecule has 1 saturated heterocycles. The predicted molar refractivity (Wildman–Crippen MR) is 89.3 cm³/mol. The molecular formula is C16H25N3O4. The lowest BCUT2D eigenvalue weighted by molar-refractivity contribution is 0.122. The fourth-order valence-corrected chi connectivity index (χ4v) is 2.86. The van der Waals surface area contributed by atoms with Crippen LogP contribution in [0.25, 0.3) is 0 Å². The summed E-state index contributed by atoms with van der Waals surface area (Å²) < 4.78 is 16.0. The first kappa shape index (κ1) is 17.2. The van der Waals surface area contributed by atoms with Crippen molar-refractivity contribution < 1.29 is 19.0 Å². The summed E-state index contributed by atoms with van der Waals surface area (Å²) in [5.41, 5.74) is 13.5. The number of morpholine rings is 1. The van der Waals surface area contributed by atoms with Gasteiger partial charge in [-0.15, -0.1) is 0 Å². The molecule has 23 heavy (non-hydrogen) atoms. The summed E-state index contributed by atoms with van der Waals surface area (Å²) in [6, 6.07) is 1.59. The molecule has 2 rings (SSSR count). The summed E-state index contributed by atoms with van der Waals surface area (Å²) in [5, 5.41) is 0. The zero-order valence-corrected chi connectivity index (χ0v) is 14.1. The third kappa shape index (κ3) is 3.61. The zero-order chi connectivity index (χ0) is 17.2. The molecular weight excluding hydrogens is 298 g/mol. The van der Waals surface area contributed by atoms with E-state index in [1.807, 2.05) is 0 Å². The normalized spacial score (nSPS) is 15.4. The van der Waals surface area contributed by atoms with Gasteiger partial charge in [0, 0.05) is 24.7 Å². The summed E-state index contributed by atoms with van der Waals surface area (Å²) in [6.45, 7) is 8.95. The number of hydrogen-bond donors (Lipinski definition) is 2. The van der Waals surface area contributed by atoms with Gasteiger partial charge in [0.05, 0.1) is 31.7 Å². The lowest BCUT2D eigenvalue weighted by Gasteiger charge is -2.36. The van der Waals surface area contributed by atoms with E-state index in [1.165, 1.54) is 7.11 Å². The smallest absolute Gasteiger partial charge is 0.410 e. The Bertz CT molecular complexity index is 590. The molecule has 0 radical (unpaired) electrons.